The van der Waals surface area contributed by atoms with E-state index in [4.69, 9.17) is 19.4 Å². The van der Waals surface area contributed by atoms with Gasteiger partial charge in [-0.2, -0.15) is 0 Å². The van der Waals surface area contributed by atoms with E-state index >= 15 is 0 Å². The maximum absolute atomic E-state index is 6.14. The zero-order valence-corrected chi connectivity index (χ0v) is 31.6. The third-order valence-corrected chi connectivity index (χ3v) is 12.2. The number of fused-ring (bicyclic) bond motifs is 5. The molecule has 2 aromatic heterocycles. The minimum absolute atomic E-state index is 0.614. The van der Waals surface area contributed by atoms with Gasteiger partial charge in [-0.15, -0.1) is 0 Å². The number of para-hydroxylation sites is 1. The molecule has 0 saturated heterocycles. The van der Waals surface area contributed by atoms with Crippen LogP contribution in [0.5, 0.6) is 0 Å². The highest BCUT2D eigenvalue weighted by Gasteiger charge is 2.18. The minimum atomic E-state index is 0.614. The Hall–Kier alpha value is -7.95. The van der Waals surface area contributed by atoms with E-state index in [-0.39, 0.29) is 0 Å². The van der Waals surface area contributed by atoms with Crippen molar-refractivity contribution in [3.8, 4) is 45.3 Å². The summed E-state index contributed by atoms with van der Waals surface area (Å²) in [5, 5.41) is 17.4. The summed E-state index contributed by atoms with van der Waals surface area (Å²) >= 11 is 0. The standard InChI is InChI=1S/C55H31N3O/c1-2-9-36(10-3-1)53-56-54(58-55(57-53)39-27-28-48-45(30-39)41-14-4-5-18-47(41)59-48)37-24-19-32(20-25-37)40-29-38-26-23-35-12-7-16-43-42-15-6-11-33-21-22-34-13-8-17-44(51(34)49(33)42)46(31-40)52(38)50(35)43/h1-31H. The third kappa shape index (κ3) is 4.87. The average molecular weight is 750 g/mol. The molecule has 4 nitrogen and oxygen atoms in total. The first kappa shape index (κ1) is 32.2. The normalized spacial score (nSPS) is 12.1. The molecule has 0 unspecified atom stereocenters. The van der Waals surface area contributed by atoms with Crippen LogP contribution in [0, 0.1) is 0 Å². The number of rotatable bonds is 4. The first-order chi connectivity index (χ1) is 29.2. The molecule has 0 fully saturated rings. The van der Waals surface area contributed by atoms with Gasteiger partial charge in [-0.3, -0.25) is 0 Å². The van der Waals surface area contributed by atoms with Gasteiger partial charge in [0, 0.05) is 27.5 Å². The molecule has 0 spiro atoms. The van der Waals surface area contributed by atoms with Crippen LogP contribution < -0.4 is 0 Å². The molecule has 0 aliphatic rings. The van der Waals surface area contributed by atoms with E-state index in [2.05, 4.69) is 127 Å². The molecule has 2 heterocycles. The Labute approximate surface area is 338 Å². The lowest BCUT2D eigenvalue weighted by molar-refractivity contribution is 0.669. The van der Waals surface area contributed by atoms with E-state index in [0.29, 0.717) is 17.5 Å². The summed E-state index contributed by atoms with van der Waals surface area (Å²) in [7, 11) is 0. The van der Waals surface area contributed by atoms with Crippen LogP contribution in [0.15, 0.2) is 192 Å². The molecular formula is C55H31N3O. The Kier molecular flexibility index (Phi) is 6.69. The minimum Gasteiger partial charge on any atom is -0.456 e. The Morgan fingerprint density at radius 1 is 0.254 bits per heavy atom. The van der Waals surface area contributed by atoms with E-state index in [1.54, 1.807) is 0 Å². The summed E-state index contributed by atoms with van der Waals surface area (Å²) in [5.74, 6) is 1.87. The monoisotopic (exact) mass is 749 g/mol. The molecule has 13 rings (SSSR count). The smallest absolute Gasteiger partial charge is 0.164 e. The second kappa shape index (κ2) is 12.3. The lowest BCUT2D eigenvalue weighted by atomic mass is 9.86. The van der Waals surface area contributed by atoms with Crippen molar-refractivity contribution in [3.63, 3.8) is 0 Å². The van der Waals surface area contributed by atoms with Crippen molar-refractivity contribution < 1.29 is 4.42 Å². The van der Waals surface area contributed by atoms with E-state index in [9.17, 15) is 0 Å². The molecular weight excluding hydrogens is 719 g/mol. The van der Waals surface area contributed by atoms with E-state index in [0.717, 1.165) is 49.8 Å². The average Bonchev–Trinajstić information content (AvgIpc) is 3.68. The summed E-state index contributed by atoms with van der Waals surface area (Å²) in [5.41, 5.74) is 6.75. The molecule has 0 atom stereocenters. The van der Waals surface area contributed by atoms with Crippen molar-refractivity contribution in [2.45, 2.75) is 0 Å². The van der Waals surface area contributed by atoms with Gasteiger partial charge in [0.2, 0.25) is 0 Å². The van der Waals surface area contributed by atoms with Gasteiger partial charge in [-0.05, 0) is 112 Å². The van der Waals surface area contributed by atoms with Gasteiger partial charge in [0.15, 0.2) is 17.5 Å². The molecule has 11 aromatic carbocycles. The van der Waals surface area contributed by atoms with Crippen molar-refractivity contribution in [2.24, 2.45) is 0 Å². The van der Waals surface area contributed by atoms with Gasteiger partial charge in [-0.25, -0.2) is 15.0 Å². The summed E-state index contributed by atoms with van der Waals surface area (Å²) in [4.78, 5) is 15.2. The molecule has 0 aliphatic heterocycles. The molecule has 59 heavy (non-hydrogen) atoms. The van der Waals surface area contributed by atoms with Gasteiger partial charge in [-0.1, -0.05) is 152 Å². The molecule has 272 valence electrons. The number of benzene rings is 10. The Bertz CT molecular complexity index is 3820. The summed E-state index contributed by atoms with van der Waals surface area (Å²) in [6.07, 6.45) is 0. The van der Waals surface area contributed by atoms with Crippen molar-refractivity contribution in [2.75, 3.05) is 0 Å². The van der Waals surface area contributed by atoms with Crippen LogP contribution in [-0.4, -0.2) is 15.0 Å². The van der Waals surface area contributed by atoms with Gasteiger partial charge in [0.25, 0.3) is 0 Å². The van der Waals surface area contributed by atoms with Crippen molar-refractivity contribution in [1.82, 2.24) is 15.0 Å². The summed E-state index contributed by atoms with van der Waals surface area (Å²) < 4.78 is 6.14. The zero-order chi connectivity index (χ0) is 38.6. The predicted octanol–water partition coefficient (Wildman–Crippen LogP) is 14.8. The van der Waals surface area contributed by atoms with E-state index < -0.39 is 0 Å². The fourth-order valence-corrected chi connectivity index (χ4v) is 9.48. The number of furan rings is 1. The van der Waals surface area contributed by atoms with Crippen LogP contribution in [-0.2, 0) is 0 Å². The number of hydrogen-bond donors (Lipinski definition) is 0. The fraction of sp³-hybridized carbons (Fsp3) is 0. The van der Waals surface area contributed by atoms with Crippen LogP contribution in [0.3, 0.4) is 0 Å². The highest BCUT2D eigenvalue weighted by molar-refractivity contribution is 6.37. The van der Waals surface area contributed by atoms with Crippen LogP contribution >= 0.6 is 0 Å². The molecule has 0 N–H and O–H groups in total. The molecule has 0 amide bonds. The molecule has 0 radical (unpaired) electrons. The Morgan fingerprint density at radius 3 is 1.37 bits per heavy atom. The maximum Gasteiger partial charge on any atom is 0.164 e. The van der Waals surface area contributed by atoms with Gasteiger partial charge >= 0.3 is 0 Å². The molecule has 4 heteroatoms. The van der Waals surface area contributed by atoms with Crippen LogP contribution in [0.1, 0.15) is 0 Å². The number of aromatic nitrogens is 3. The summed E-state index contributed by atoms with van der Waals surface area (Å²) in [6, 6.07) is 67.2. The van der Waals surface area contributed by atoms with Gasteiger partial charge in [0.1, 0.15) is 11.2 Å². The lowest BCUT2D eigenvalue weighted by Gasteiger charge is -2.17. The maximum atomic E-state index is 6.14. The van der Waals surface area contributed by atoms with Crippen LogP contribution in [0.4, 0.5) is 0 Å². The zero-order valence-electron chi connectivity index (χ0n) is 31.6. The van der Waals surface area contributed by atoms with Gasteiger partial charge in [0.05, 0.1) is 0 Å². The van der Waals surface area contributed by atoms with Crippen molar-refractivity contribution in [1.29, 1.82) is 0 Å². The quantitative estimate of drug-likeness (QED) is 0.168. The Morgan fingerprint density at radius 2 is 0.712 bits per heavy atom. The van der Waals surface area contributed by atoms with E-state index in [1.165, 1.54) is 64.6 Å². The molecule has 13 aromatic rings. The largest absolute Gasteiger partial charge is 0.456 e. The number of hydrogen-bond acceptors (Lipinski definition) is 4. The van der Waals surface area contributed by atoms with Crippen molar-refractivity contribution in [3.05, 3.63) is 188 Å². The topological polar surface area (TPSA) is 51.8 Å². The first-order valence-electron chi connectivity index (χ1n) is 20.0. The molecule has 0 aliphatic carbocycles. The Balaban J connectivity index is 1.00. The second-order valence-corrected chi connectivity index (χ2v) is 15.5. The van der Waals surface area contributed by atoms with Gasteiger partial charge < -0.3 is 4.42 Å². The molecule has 0 bridgehead atoms. The summed E-state index contributed by atoms with van der Waals surface area (Å²) in [6.45, 7) is 0. The molecule has 0 saturated carbocycles. The SMILES string of the molecule is c1ccc(-c2nc(-c3ccc(-c4cc5ccc6cccc7c8cccc9ccc%10cccc(c(c4)c5c67)c%10c98)cc3)nc(-c3ccc4oc5ccccc5c4c3)n2)cc1. The fourth-order valence-electron chi connectivity index (χ4n) is 9.48. The third-order valence-electron chi connectivity index (χ3n) is 12.2. The van der Waals surface area contributed by atoms with Crippen LogP contribution in [0.2, 0.25) is 0 Å². The predicted molar refractivity (Wildman–Crippen MR) is 245 cm³/mol. The second-order valence-electron chi connectivity index (χ2n) is 15.5. The highest BCUT2D eigenvalue weighted by Crippen LogP contribution is 2.44. The number of nitrogens with zero attached hydrogens (tertiary/aromatic N) is 3. The van der Waals surface area contributed by atoms with Crippen LogP contribution in [0.25, 0.3) is 132 Å². The van der Waals surface area contributed by atoms with E-state index in [1.807, 2.05) is 60.7 Å². The lowest BCUT2D eigenvalue weighted by Crippen LogP contribution is -2.00. The first-order valence-corrected chi connectivity index (χ1v) is 20.0. The van der Waals surface area contributed by atoms with Crippen molar-refractivity contribution >= 4 is 86.6 Å². The highest BCUT2D eigenvalue weighted by atomic mass is 16.3.